The number of hydrogen-bond acceptors (Lipinski definition) is 3. The van der Waals surface area contributed by atoms with E-state index in [4.69, 9.17) is 9.05 Å². The largest absolute Gasteiger partial charge is 0.361 e. The molecule has 1 aromatic rings. The molecular weight excluding hydrogens is 343 g/mol. The monoisotopic (exact) mass is 382 g/mol. The lowest BCUT2D eigenvalue weighted by Gasteiger charge is -2.18. The van der Waals surface area contributed by atoms with Gasteiger partial charge in [0.15, 0.2) is 0 Å². The van der Waals surface area contributed by atoms with Gasteiger partial charge < -0.3 is 9.05 Å². The SMILES string of the molecule is CCCCCCCCCCCCOP(=O)(OCCCC)c1ccccc1. The predicted octanol–water partition coefficient (Wildman–Crippen LogP) is 7.26. The first-order valence-corrected chi connectivity index (χ1v) is 12.2. The molecule has 0 aliphatic heterocycles. The molecule has 0 N–H and O–H groups in total. The van der Waals surface area contributed by atoms with Crippen LogP contribution >= 0.6 is 7.60 Å². The van der Waals surface area contributed by atoms with E-state index in [9.17, 15) is 4.57 Å². The molecule has 1 atom stereocenters. The van der Waals surface area contributed by atoms with Gasteiger partial charge in [-0.3, -0.25) is 4.57 Å². The van der Waals surface area contributed by atoms with Crippen LogP contribution in [0.15, 0.2) is 30.3 Å². The fourth-order valence-electron chi connectivity index (χ4n) is 2.90. The van der Waals surface area contributed by atoms with E-state index in [1.54, 1.807) is 0 Å². The summed E-state index contributed by atoms with van der Waals surface area (Å²) in [5.41, 5.74) is 0. The standard InChI is InChI=1S/C22H39O3P/c1-3-5-7-8-9-10-11-12-13-17-21-25-26(23,24-20-6-4-2)22-18-15-14-16-19-22/h14-16,18-19H,3-13,17,20-21H2,1-2H3. The summed E-state index contributed by atoms with van der Waals surface area (Å²) in [4.78, 5) is 0. The molecule has 0 amide bonds. The second-order valence-corrected chi connectivity index (χ2v) is 9.06. The molecule has 0 aliphatic carbocycles. The van der Waals surface area contributed by atoms with Crippen LogP contribution < -0.4 is 5.30 Å². The van der Waals surface area contributed by atoms with Crippen LogP contribution in [0.2, 0.25) is 0 Å². The lowest BCUT2D eigenvalue weighted by Crippen LogP contribution is -2.11. The highest BCUT2D eigenvalue weighted by Crippen LogP contribution is 2.47. The Hall–Kier alpha value is -0.630. The van der Waals surface area contributed by atoms with Gasteiger partial charge in [-0.05, 0) is 25.0 Å². The van der Waals surface area contributed by atoms with Crippen LogP contribution in [0.5, 0.6) is 0 Å². The Labute approximate surface area is 161 Å². The highest BCUT2D eigenvalue weighted by molar-refractivity contribution is 7.62. The number of benzene rings is 1. The van der Waals surface area contributed by atoms with Crippen LogP contribution in [0.25, 0.3) is 0 Å². The molecule has 1 aromatic carbocycles. The quantitative estimate of drug-likeness (QED) is 0.210. The second kappa shape index (κ2) is 15.4. The van der Waals surface area contributed by atoms with Gasteiger partial charge in [-0.15, -0.1) is 0 Å². The van der Waals surface area contributed by atoms with Crippen molar-refractivity contribution in [3.63, 3.8) is 0 Å². The summed E-state index contributed by atoms with van der Waals surface area (Å²) in [7, 11) is -3.18. The van der Waals surface area contributed by atoms with E-state index in [1.807, 2.05) is 30.3 Å². The maximum absolute atomic E-state index is 13.1. The maximum Gasteiger partial charge on any atom is 0.361 e. The first-order valence-electron chi connectivity index (χ1n) is 10.7. The lowest BCUT2D eigenvalue weighted by molar-refractivity contribution is 0.207. The summed E-state index contributed by atoms with van der Waals surface area (Å²) in [5.74, 6) is 0. The van der Waals surface area contributed by atoms with Crippen molar-refractivity contribution in [1.82, 2.24) is 0 Å². The van der Waals surface area contributed by atoms with Gasteiger partial charge in [-0.25, -0.2) is 0 Å². The highest BCUT2D eigenvalue weighted by Gasteiger charge is 2.26. The van der Waals surface area contributed by atoms with Gasteiger partial charge in [0.1, 0.15) is 0 Å². The molecule has 0 aromatic heterocycles. The number of unbranched alkanes of at least 4 members (excludes halogenated alkanes) is 10. The zero-order valence-electron chi connectivity index (χ0n) is 17.0. The molecule has 3 nitrogen and oxygen atoms in total. The molecule has 26 heavy (non-hydrogen) atoms. The smallest absolute Gasteiger partial charge is 0.305 e. The van der Waals surface area contributed by atoms with Crippen molar-refractivity contribution in [3.05, 3.63) is 30.3 Å². The summed E-state index contributed by atoms with van der Waals surface area (Å²) < 4.78 is 24.6. The summed E-state index contributed by atoms with van der Waals surface area (Å²) >= 11 is 0. The van der Waals surface area contributed by atoms with E-state index in [-0.39, 0.29) is 0 Å². The number of rotatable bonds is 17. The minimum Gasteiger partial charge on any atom is -0.305 e. The maximum atomic E-state index is 13.1. The molecule has 0 radical (unpaired) electrons. The first kappa shape index (κ1) is 23.4. The van der Waals surface area contributed by atoms with Gasteiger partial charge in [-0.2, -0.15) is 0 Å². The van der Waals surface area contributed by atoms with E-state index in [0.717, 1.165) is 25.7 Å². The summed E-state index contributed by atoms with van der Waals surface area (Å²) in [6, 6.07) is 9.36. The number of hydrogen-bond donors (Lipinski definition) is 0. The van der Waals surface area contributed by atoms with Crippen molar-refractivity contribution in [2.75, 3.05) is 13.2 Å². The Balaban J connectivity index is 2.21. The average Bonchev–Trinajstić information content (AvgIpc) is 2.67. The highest BCUT2D eigenvalue weighted by atomic mass is 31.2. The van der Waals surface area contributed by atoms with E-state index >= 15 is 0 Å². The Morgan fingerprint density at radius 2 is 1.12 bits per heavy atom. The predicted molar refractivity (Wildman–Crippen MR) is 112 cm³/mol. The Morgan fingerprint density at radius 3 is 1.65 bits per heavy atom. The molecule has 1 rings (SSSR count). The van der Waals surface area contributed by atoms with Gasteiger partial charge >= 0.3 is 7.60 Å². The fourth-order valence-corrected chi connectivity index (χ4v) is 4.55. The molecule has 0 heterocycles. The molecule has 0 saturated carbocycles. The molecule has 0 aliphatic rings. The molecule has 4 heteroatoms. The molecular formula is C22H39O3P. The minimum atomic E-state index is -3.18. The van der Waals surface area contributed by atoms with Crippen LogP contribution in [0.1, 0.15) is 90.9 Å². The van der Waals surface area contributed by atoms with Gasteiger partial charge in [0, 0.05) is 0 Å². The summed E-state index contributed by atoms with van der Waals surface area (Å²) in [6.45, 7) is 5.35. The topological polar surface area (TPSA) is 35.5 Å². The average molecular weight is 383 g/mol. The Morgan fingerprint density at radius 1 is 0.654 bits per heavy atom. The molecule has 0 bridgehead atoms. The van der Waals surface area contributed by atoms with Crippen molar-refractivity contribution in [2.24, 2.45) is 0 Å². The zero-order valence-corrected chi connectivity index (χ0v) is 17.9. The summed E-state index contributed by atoms with van der Waals surface area (Å²) in [5, 5.41) is 0.670. The van der Waals surface area contributed by atoms with Gasteiger partial charge in [0.2, 0.25) is 0 Å². The van der Waals surface area contributed by atoms with Gasteiger partial charge in [0.25, 0.3) is 0 Å². The van der Waals surface area contributed by atoms with Gasteiger partial charge in [-0.1, -0.05) is 96.3 Å². The third-order valence-corrected chi connectivity index (χ3v) is 6.57. The van der Waals surface area contributed by atoms with Crippen LogP contribution in [-0.4, -0.2) is 13.2 Å². The van der Waals surface area contributed by atoms with Crippen LogP contribution in [0.3, 0.4) is 0 Å². The summed E-state index contributed by atoms with van der Waals surface area (Å²) in [6.07, 6.45) is 14.7. The van der Waals surface area contributed by atoms with Crippen molar-refractivity contribution < 1.29 is 13.6 Å². The molecule has 0 fully saturated rings. The van der Waals surface area contributed by atoms with Crippen molar-refractivity contribution >= 4 is 12.9 Å². The molecule has 0 spiro atoms. The van der Waals surface area contributed by atoms with Crippen LogP contribution in [0.4, 0.5) is 0 Å². The fraction of sp³-hybridized carbons (Fsp3) is 0.727. The van der Waals surface area contributed by atoms with Crippen molar-refractivity contribution in [2.45, 2.75) is 90.9 Å². The molecule has 1 unspecified atom stereocenters. The van der Waals surface area contributed by atoms with Gasteiger partial charge in [0.05, 0.1) is 18.5 Å². The second-order valence-electron chi connectivity index (χ2n) is 7.03. The minimum absolute atomic E-state index is 0.487. The van der Waals surface area contributed by atoms with Crippen molar-refractivity contribution in [1.29, 1.82) is 0 Å². The normalized spacial score (nSPS) is 13.6. The molecule has 0 saturated heterocycles. The molecule has 150 valence electrons. The van der Waals surface area contributed by atoms with Crippen molar-refractivity contribution in [3.8, 4) is 0 Å². The lowest BCUT2D eigenvalue weighted by atomic mass is 10.1. The third-order valence-electron chi connectivity index (χ3n) is 4.59. The van der Waals surface area contributed by atoms with E-state index in [0.29, 0.717) is 18.5 Å². The van der Waals surface area contributed by atoms with E-state index < -0.39 is 7.60 Å². The third kappa shape index (κ3) is 10.5. The van der Waals surface area contributed by atoms with Crippen LogP contribution in [-0.2, 0) is 13.6 Å². The Bertz CT molecular complexity index is 476. The van der Waals surface area contributed by atoms with Crippen LogP contribution in [0, 0.1) is 0 Å². The van der Waals surface area contributed by atoms with E-state index in [1.165, 1.54) is 51.4 Å². The van der Waals surface area contributed by atoms with E-state index in [2.05, 4.69) is 13.8 Å². The first-order chi connectivity index (χ1) is 12.7. The Kier molecular flexibility index (Phi) is 13.9. The zero-order chi connectivity index (χ0) is 18.9.